The zero-order valence-corrected chi connectivity index (χ0v) is 11.4. The lowest BCUT2D eigenvalue weighted by atomic mass is 10.2. The van der Waals surface area contributed by atoms with Gasteiger partial charge in [-0.15, -0.1) is 11.3 Å². The van der Waals surface area contributed by atoms with Crippen molar-refractivity contribution in [1.29, 1.82) is 0 Å². The van der Waals surface area contributed by atoms with Gasteiger partial charge in [0.15, 0.2) is 0 Å². The molecular formula is C12H13F2N3O2S. The molecule has 0 spiro atoms. The Balaban J connectivity index is 2.18. The standard InChI is InChI=1S/C12H13F2N3O2S/c1-17-6-15-4-9(17)8(5-18)16-12(19)7-2-3-20-10(7)11(13)14/h2-4,6,8,11,18H,5H2,1H3,(H,16,19). The van der Waals surface area contributed by atoms with Gasteiger partial charge in [0, 0.05) is 7.05 Å². The molecule has 2 aromatic rings. The number of rotatable bonds is 5. The van der Waals surface area contributed by atoms with E-state index < -0.39 is 18.4 Å². The molecular weight excluding hydrogens is 288 g/mol. The number of nitrogens with zero attached hydrogens (tertiary/aromatic N) is 2. The molecule has 1 atom stereocenters. The van der Waals surface area contributed by atoms with Crippen LogP contribution in [0.1, 0.15) is 33.4 Å². The van der Waals surface area contributed by atoms with Crippen LogP contribution >= 0.6 is 11.3 Å². The molecule has 0 saturated heterocycles. The zero-order chi connectivity index (χ0) is 14.7. The van der Waals surface area contributed by atoms with Gasteiger partial charge in [0.25, 0.3) is 12.3 Å². The lowest BCUT2D eigenvalue weighted by Gasteiger charge is -2.16. The number of alkyl halides is 2. The molecule has 0 aromatic carbocycles. The Labute approximate surface area is 117 Å². The number of aromatic nitrogens is 2. The number of amides is 1. The van der Waals surface area contributed by atoms with Crippen molar-refractivity contribution in [3.8, 4) is 0 Å². The van der Waals surface area contributed by atoms with Crippen LogP contribution in [0, 0.1) is 0 Å². The minimum absolute atomic E-state index is 0.0642. The van der Waals surface area contributed by atoms with E-state index in [-0.39, 0.29) is 17.0 Å². The van der Waals surface area contributed by atoms with Gasteiger partial charge in [-0.2, -0.15) is 0 Å². The minimum atomic E-state index is -2.69. The van der Waals surface area contributed by atoms with E-state index in [0.717, 1.165) is 11.3 Å². The average Bonchev–Trinajstić information content (AvgIpc) is 3.04. The maximum absolute atomic E-state index is 12.7. The molecule has 2 rings (SSSR count). The van der Waals surface area contributed by atoms with Crippen LogP contribution in [0.15, 0.2) is 24.0 Å². The summed E-state index contributed by atoms with van der Waals surface area (Å²) in [6.07, 6.45) is 0.335. The van der Waals surface area contributed by atoms with Crippen LogP contribution in [-0.2, 0) is 7.05 Å². The second kappa shape index (κ2) is 6.10. The molecule has 0 aliphatic carbocycles. The molecule has 0 aliphatic heterocycles. The number of aryl methyl sites for hydroxylation is 1. The van der Waals surface area contributed by atoms with Crippen molar-refractivity contribution in [3.63, 3.8) is 0 Å². The second-order valence-corrected chi connectivity index (χ2v) is 5.08. The molecule has 1 unspecified atom stereocenters. The Morgan fingerprint density at radius 3 is 2.90 bits per heavy atom. The van der Waals surface area contributed by atoms with E-state index in [0.29, 0.717) is 5.69 Å². The largest absolute Gasteiger partial charge is 0.394 e. The Morgan fingerprint density at radius 2 is 2.35 bits per heavy atom. The number of nitrogens with one attached hydrogen (secondary N) is 1. The van der Waals surface area contributed by atoms with E-state index in [1.54, 1.807) is 11.6 Å². The number of hydrogen-bond donors (Lipinski definition) is 2. The van der Waals surface area contributed by atoms with Crippen molar-refractivity contribution in [2.75, 3.05) is 6.61 Å². The van der Waals surface area contributed by atoms with Crippen molar-refractivity contribution < 1.29 is 18.7 Å². The van der Waals surface area contributed by atoms with E-state index in [1.165, 1.54) is 24.0 Å². The number of carbonyl (C=O) groups is 1. The molecule has 0 radical (unpaired) electrons. The van der Waals surface area contributed by atoms with Crippen LogP contribution in [0.5, 0.6) is 0 Å². The Bertz CT molecular complexity index is 597. The highest BCUT2D eigenvalue weighted by molar-refractivity contribution is 7.10. The molecule has 0 fully saturated rings. The number of hydrogen-bond acceptors (Lipinski definition) is 4. The van der Waals surface area contributed by atoms with Gasteiger partial charge in [0.2, 0.25) is 0 Å². The molecule has 2 heterocycles. The first-order valence-corrected chi connectivity index (χ1v) is 6.66. The summed E-state index contributed by atoms with van der Waals surface area (Å²) >= 11 is 0.830. The van der Waals surface area contributed by atoms with Gasteiger partial charge in [0.05, 0.1) is 41.3 Å². The van der Waals surface area contributed by atoms with Gasteiger partial charge in [-0.25, -0.2) is 13.8 Å². The zero-order valence-electron chi connectivity index (χ0n) is 10.6. The van der Waals surface area contributed by atoms with Crippen molar-refractivity contribution in [2.45, 2.75) is 12.5 Å². The van der Waals surface area contributed by atoms with Gasteiger partial charge in [-0.05, 0) is 11.4 Å². The van der Waals surface area contributed by atoms with Crippen LogP contribution in [0.3, 0.4) is 0 Å². The predicted octanol–water partition coefficient (Wildman–Crippen LogP) is 1.88. The highest BCUT2D eigenvalue weighted by Crippen LogP contribution is 2.28. The Morgan fingerprint density at radius 1 is 1.60 bits per heavy atom. The third-order valence-corrected chi connectivity index (χ3v) is 3.76. The van der Waals surface area contributed by atoms with Gasteiger partial charge in [-0.1, -0.05) is 0 Å². The molecule has 0 bridgehead atoms. The third kappa shape index (κ3) is 2.86. The third-order valence-electron chi connectivity index (χ3n) is 2.84. The molecule has 2 aromatic heterocycles. The number of thiophene rings is 1. The first-order valence-electron chi connectivity index (χ1n) is 5.78. The van der Waals surface area contributed by atoms with Gasteiger partial charge < -0.3 is 15.0 Å². The van der Waals surface area contributed by atoms with E-state index in [2.05, 4.69) is 10.3 Å². The monoisotopic (exact) mass is 301 g/mol. The summed E-state index contributed by atoms with van der Waals surface area (Å²) in [5.41, 5.74) is 0.528. The molecule has 8 heteroatoms. The fraction of sp³-hybridized carbons (Fsp3) is 0.333. The number of halogens is 2. The first kappa shape index (κ1) is 14.6. The van der Waals surface area contributed by atoms with Crippen molar-refractivity contribution in [2.24, 2.45) is 7.05 Å². The highest BCUT2D eigenvalue weighted by Gasteiger charge is 2.23. The van der Waals surface area contributed by atoms with Gasteiger partial charge >= 0.3 is 0 Å². The SMILES string of the molecule is Cn1cncc1C(CO)NC(=O)c1ccsc1C(F)F. The van der Waals surface area contributed by atoms with Crippen LogP contribution < -0.4 is 5.32 Å². The normalized spacial score (nSPS) is 12.7. The summed E-state index contributed by atoms with van der Waals surface area (Å²) in [7, 11) is 1.71. The number of aliphatic hydroxyl groups is 1. The topological polar surface area (TPSA) is 67.2 Å². The second-order valence-electron chi connectivity index (χ2n) is 4.14. The summed E-state index contributed by atoms with van der Waals surface area (Å²) in [5, 5.41) is 13.3. The van der Waals surface area contributed by atoms with Crippen LogP contribution in [0.4, 0.5) is 8.78 Å². The molecule has 5 nitrogen and oxygen atoms in total. The lowest BCUT2D eigenvalue weighted by molar-refractivity contribution is 0.0903. The van der Waals surface area contributed by atoms with Crippen molar-refractivity contribution >= 4 is 17.2 Å². The van der Waals surface area contributed by atoms with Crippen molar-refractivity contribution in [3.05, 3.63) is 40.1 Å². The number of carbonyl (C=O) groups excluding carboxylic acids is 1. The molecule has 0 saturated carbocycles. The highest BCUT2D eigenvalue weighted by atomic mass is 32.1. The van der Waals surface area contributed by atoms with E-state index in [1.807, 2.05) is 0 Å². The summed E-state index contributed by atoms with van der Waals surface area (Å²) in [6, 6.07) is 0.652. The molecule has 0 aliphatic rings. The van der Waals surface area contributed by atoms with E-state index in [9.17, 15) is 18.7 Å². The Kier molecular flexibility index (Phi) is 4.46. The number of imidazole rings is 1. The maximum atomic E-state index is 12.7. The van der Waals surface area contributed by atoms with Crippen LogP contribution in [0.2, 0.25) is 0 Å². The molecule has 2 N–H and O–H groups in total. The summed E-state index contributed by atoms with van der Waals surface area (Å²) in [6.45, 7) is -0.348. The Hall–Kier alpha value is -1.80. The predicted molar refractivity (Wildman–Crippen MR) is 69.8 cm³/mol. The minimum Gasteiger partial charge on any atom is -0.394 e. The number of aliphatic hydroxyl groups excluding tert-OH is 1. The quantitative estimate of drug-likeness (QED) is 0.886. The van der Waals surface area contributed by atoms with Crippen LogP contribution in [-0.4, -0.2) is 27.2 Å². The lowest BCUT2D eigenvalue weighted by Crippen LogP contribution is -2.32. The van der Waals surface area contributed by atoms with Gasteiger partial charge in [-0.3, -0.25) is 4.79 Å². The average molecular weight is 301 g/mol. The van der Waals surface area contributed by atoms with E-state index in [4.69, 9.17) is 0 Å². The molecule has 108 valence electrons. The smallest absolute Gasteiger partial charge is 0.273 e. The van der Waals surface area contributed by atoms with E-state index >= 15 is 0 Å². The molecule has 20 heavy (non-hydrogen) atoms. The first-order chi connectivity index (χ1) is 9.54. The van der Waals surface area contributed by atoms with Crippen LogP contribution in [0.25, 0.3) is 0 Å². The summed E-state index contributed by atoms with van der Waals surface area (Å²) in [4.78, 5) is 15.6. The maximum Gasteiger partial charge on any atom is 0.273 e. The summed E-state index contributed by atoms with van der Waals surface area (Å²) < 4.78 is 27.1. The fourth-order valence-electron chi connectivity index (χ4n) is 1.83. The van der Waals surface area contributed by atoms with Crippen molar-refractivity contribution in [1.82, 2.24) is 14.9 Å². The molecule has 1 amide bonds. The summed E-state index contributed by atoms with van der Waals surface area (Å²) in [5.74, 6) is -0.637. The van der Waals surface area contributed by atoms with Gasteiger partial charge in [0.1, 0.15) is 0 Å². The fourth-order valence-corrected chi connectivity index (χ4v) is 2.57.